The fourth-order valence-corrected chi connectivity index (χ4v) is 4.90. The summed E-state index contributed by atoms with van der Waals surface area (Å²) in [4.78, 5) is 0. The highest BCUT2D eigenvalue weighted by Gasteiger charge is 2.45. The first kappa shape index (κ1) is 16.8. The molecular formula is C25H16BrCl. The van der Waals surface area contributed by atoms with Gasteiger partial charge in [-0.05, 0) is 57.6 Å². The lowest BCUT2D eigenvalue weighted by Gasteiger charge is -2.34. The third-order valence-corrected chi connectivity index (χ3v) is 6.25. The van der Waals surface area contributed by atoms with Crippen molar-refractivity contribution in [1.82, 2.24) is 0 Å². The van der Waals surface area contributed by atoms with Gasteiger partial charge in [-0.2, -0.15) is 0 Å². The zero-order valence-electron chi connectivity index (χ0n) is 14.5. The highest BCUT2D eigenvalue weighted by molar-refractivity contribution is 9.10. The summed E-state index contributed by atoms with van der Waals surface area (Å²) in [6.45, 7) is 0. The van der Waals surface area contributed by atoms with Gasteiger partial charge in [0.25, 0.3) is 0 Å². The molecule has 0 atom stereocenters. The Morgan fingerprint density at radius 3 is 1.78 bits per heavy atom. The molecule has 27 heavy (non-hydrogen) atoms. The fraction of sp³-hybridized carbons (Fsp3) is 0.0400. The van der Waals surface area contributed by atoms with Crippen LogP contribution < -0.4 is 0 Å². The van der Waals surface area contributed by atoms with E-state index in [1.807, 2.05) is 12.1 Å². The molecule has 0 saturated carbocycles. The SMILES string of the molecule is Clc1cccc(C2(c3ccc(Br)cc3)c3ccccc3-c3ccccc32)c1. The molecule has 0 heterocycles. The van der Waals surface area contributed by atoms with E-state index in [1.165, 1.54) is 33.4 Å². The summed E-state index contributed by atoms with van der Waals surface area (Å²) < 4.78 is 1.08. The fourth-order valence-electron chi connectivity index (χ4n) is 4.45. The van der Waals surface area contributed by atoms with Gasteiger partial charge in [0.15, 0.2) is 0 Å². The van der Waals surface area contributed by atoms with Crippen LogP contribution in [-0.2, 0) is 5.41 Å². The largest absolute Gasteiger partial charge is 0.0843 e. The maximum absolute atomic E-state index is 6.44. The lowest BCUT2D eigenvalue weighted by Crippen LogP contribution is -2.28. The van der Waals surface area contributed by atoms with Crippen LogP contribution in [0.1, 0.15) is 22.3 Å². The van der Waals surface area contributed by atoms with Gasteiger partial charge in [0, 0.05) is 9.50 Å². The van der Waals surface area contributed by atoms with Gasteiger partial charge < -0.3 is 0 Å². The van der Waals surface area contributed by atoms with E-state index in [1.54, 1.807) is 0 Å². The number of rotatable bonds is 2. The summed E-state index contributed by atoms with van der Waals surface area (Å²) in [5, 5.41) is 0.755. The zero-order valence-corrected chi connectivity index (χ0v) is 16.8. The van der Waals surface area contributed by atoms with E-state index in [0.717, 1.165) is 9.50 Å². The first-order chi connectivity index (χ1) is 13.2. The van der Waals surface area contributed by atoms with Crippen molar-refractivity contribution < 1.29 is 0 Å². The molecule has 0 fully saturated rings. The van der Waals surface area contributed by atoms with E-state index >= 15 is 0 Å². The molecule has 0 nitrogen and oxygen atoms in total. The molecule has 0 amide bonds. The Hall–Kier alpha value is -2.35. The number of benzene rings is 4. The second-order valence-corrected chi connectivity index (χ2v) is 8.21. The molecule has 0 spiro atoms. The molecule has 0 aromatic heterocycles. The van der Waals surface area contributed by atoms with Crippen molar-refractivity contribution >= 4 is 27.5 Å². The topological polar surface area (TPSA) is 0 Å². The van der Waals surface area contributed by atoms with Crippen molar-refractivity contribution in [2.75, 3.05) is 0 Å². The monoisotopic (exact) mass is 430 g/mol. The van der Waals surface area contributed by atoms with E-state index < -0.39 is 0 Å². The zero-order chi connectivity index (χ0) is 18.4. The van der Waals surface area contributed by atoms with E-state index in [2.05, 4.69) is 101 Å². The lowest BCUT2D eigenvalue weighted by atomic mass is 9.68. The molecule has 130 valence electrons. The Labute approximate surface area is 172 Å². The minimum absolute atomic E-state index is 0.376. The van der Waals surface area contributed by atoms with Gasteiger partial charge in [0.1, 0.15) is 0 Å². The predicted octanol–water partition coefficient (Wildman–Crippen LogP) is 7.47. The third kappa shape index (κ3) is 2.42. The minimum atomic E-state index is -0.376. The molecule has 4 aromatic rings. The molecule has 0 N–H and O–H groups in total. The number of halogens is 2. The Kier molecular flexibility index (Phi) is 3.96. The van der Waals surface area contributed by atoms with Crippen molar-refractivity contribution in [3.05, 3.63) is 129 Å². The van der Waals surface area contributed by atoms with E-state index in [0.29, 0.717) is 0 Å². The van der Waals surface area contributed by atoms with Crippen molar-refractivity contribution in [3.63, 3.8) is 0 Å². The second kappa shape index (κ2) is 6.37. The van der Waals surface area contributed by atoms with Crippen molar-refractivity contribution in [2.45, 2.75) is 5.41 Å². The molecule has 5 rings (SSSR count). The van der Waals surface area contributed by atoms with Crippen LogP contribution in [0.3, 0.4) is 0 Å². The van der Waals surface area contributed by atoms with Crippen LogP contribution in [0.4, 0.5) is 0 Å². The van der Waals surface area contributed by atoms with E-state index in [4.69, 9.17) is 11.6 Å². The van der Waals surface area contributed by atoms with Gasteiger partial charge >= 0.3 is 0 Å². The van der Waals surface area contributed by atoms with E-state index in [-0.39, 0.29) is 5.41 Å². The Morgan fingerprint density at radius 1 is 0.593 bits per heavy atom. The van der Waals surface area contributed by atoms with Crippen molar-refractivity contribution in [1.29, 1.82) is 0 Å². The summed E-state index contributed by atoms with van der Waals surface area (Å²) in [6.07, 6.45) is 0. The van der Waals surface area contributed by atoms with Crippen LogP contribution in [0.2, 0.25) is 5.02 Å². The summed E-state index contributed by atoms with van der Waals surface area (Å²) in [7, 11) is 0. The van der Waals surface area contributed by atoms with Crippen LogP contribution in [0.5, 0.6) is 0 Å². The van der Waals surface area contributed by atoms with Crippen molar-refractivity contribution in [3.8, 4) is 11.1 Å². The minimum Gasteiger partial charge on any atom is -0.0843 e. The molecule has 2 heteroatoms. The van der Waals surface area contributed by atoms with Gasteiger partial charge in [-0.15, -0.1) is 0 Å². The number of hydrogen-bond donors (Lipinski definition) is 0. The first-order valence-corrected chi connectivity index (χ1v) is 10.1. The standard InChI is InChI=1S/C25H16BrCl/c26-19-14-12-17(13-15-19)25(18-6-5-7-20(27)16-18)23-10-3-1-8-21(23)22-9-2-4-11-24(22)25/h1-16H. The number of hydrogen-bond acceptors (Lipinski definition) is 0. The smallest absolute Gasteiger partial charge is 0.0714 e. The van der Waals surface area contributed by atoms with Crippen LogP contribution in [0, 0.1) is 0 Å². The first-order valence-electron chi connectivity index (χ1n) is 8.93. The van der Waals surface area contributed by atoms with Gasteiger partial charge in [0.2, 0.25) is 0 Å². The van der Waals surface area contributed by atoms with Crippen molar-refractivity contribution in [2.24, 2.45) is 0 Å². The van der Waals surface area contributed by atoms with Gasteiger partial charge in [-0.3, -0.25) is 0 Å². The molecule has 0 saturated heterocycles. The maximum atomic E-state index is 6.44. The quantitative estimate of drug-likeness (QED) is 0.272. The van der Waals surface area contributed by atoms with Crippen LogP contribution in [0.25, 0.3) is 11.1 Å². The van der Waals surface area contributed by atoms with Crippen LogP contribution >= 0.6 is 27.5 Å². The van der Waals surface area contributed by atoms with Gasteiger partial charge in [-0.25, -0.2) is 0 Å². The highest BCUT2D eigenvalue weighted by atomic mass is 79.9. The third-order valence-electron chi connectivity index (χ3n) is 5.49. The average Bonchev–Trinajstić information content (AvgIpc) is 3.00. The van der Waals surface area contributed by atoms with Crippen LogP contribution in [0.15, 0.2) is 102 Å². The molecule has 0 unspecified atom stereocenters. The molecule has 0 aliphatic heterocycles. The molecule has 1 aliphatic rings. The maximum Gasteiger partial charge on any atom is 0.0714 e. The molecule has 0 radical (unpaired) electrons. The summed E-state index contributed by atoms with van der Waals surface area (Å²) in [5.41, 5.74) is 7.23. The Bertz CT molecular complexity index is 1100. The molecule has 1 aliphatic carbocycles. The summed E-state index contributed by atoms with van der Waals surface area (Å²) >= 11 is 10.0. The lowest BCUT2D eigenvalue weighted by molar-refractivity contribution is 0.768. The molecule has 0 bridgehead atoms. The Morgan fingerprint density at radius 2 is 1.19 bits per heavy atom. The van der Waals surface area contributed by atoms with Crippen LogP contribution in [-0.4, -0.2) is 0 Å². The normalized spacial score (nSPS) is 13.9. The van der Waals surface area contributed by atoms with Gasteiger partial charge in [0.05, 0.1) is 5.41 Å². The molecule has 4 aromatic carbocycles. The molecular weight excluding hydrogens is 416 g/mol. The average molecular weight is 432 g/mol. The Balaban J connectivity index is 1.96. The predicted molar refractivity (Wildman–Crippen MR) is 116 cm³/mol. The van der Waals surface area contributed by atoms with E-state index in [9.17, 15) is 0 Å². The number of fused-ring (bicyclic) bond motifs is 3. The highest BCUT2D eigenvalue weighted by Crippen LogP contribution is 2.56. The van der Waals surface area contributed by atoms with Gasteiger partial charge in [-0.1, -0.05) is 100 Å². The second-order valence-electron chi connectivity index (χ2n) is 6.86. The summed E-state index contributed by atoms with van der Waals surface area (Å²) in [6, 6.07) is 34.4. The summed E-state index contributed by atoms with van der Waals surface area (Å²) in [5.74, 6) is 0.